The van der Waals surface area contributed by atoms with E-state index in [4.69, 9.17) is 0 Å². The highest BCUT2D eigenvalue weighted by molar-refractivity contribution is 9.10. The van der Waals surface area contributed by atoms with Gasteiger partial charge in [-0.3, -0.25) is 19.5 Å². The summed E-state index contributed by atoms with van der Waals surface area (Å²) < 4.78 is 2.29. The molecule has 5 rings (SSSR count). The van der Waals surface area contributed by atoms with Crippen molar-refractivity contribution >= 4 is 44.7 Å². The Bertz CT molecular complexity index is 1580. The Morgan fingerprint density at radius 1 is 1.00 bits per heavy atom. The van der Waals surface area contributed by atoms with Crippen molar-refractivity contribution in [2.24, 2.45) is 5.10 Å². The van der Waals surface area contributed by atoms with E-state index in [1.807, 2.05) is 19.1 Å². The summed E-state index contributed by atoms with van der Waals surface area (Å²) >= 11 is 3.41. The molecule has 0 fully saturated rings. The number of halogens is 1. The first-order chi connectivity index (χ1) is 15.8. The molecule has 0 bridgehead atoms. The molecule has 0 saturated carbocycles. The smallest absolute Gasteiger partial charge is 0.282 e. The van der Waals surface area contributed by atoms with Crippen LogP contribution in [0.5, 0.6) is 5.75 Å². The predicted molar refractivity (Wildman–Crippen MR) is 127 cm³/mol. The number of carbonyl (C=O) groups is 2. The van der Waals surface area contributed by atoms with Crippen molar-refractivity contribution in [3.05, 3.63) is 91.3 Å². The summed E-state index contributed by atoms with van der Waals surface area (Å²) in [5.74, 6) is -1.36. The van der Waals surface area contributed by atoms with Gasteiger partial charge >= 0.3 is 0 Å². The molecular formula is C24H17BrN4O4. The minimum Gasteiger partial charge on any atom is -0.508 e. The van der Waals surface area contributed by atoms with Crippen molar-refractivity contribution in [2.45, 2.75) is 13.8 Å². The zero-order chi connectivity index (χ0) is 23.4. The number of H-pyrrole nitrogens is 1. The summed E-state index contributed by atoms with van der Waals surface area (Å²) in [5.41, 5.74) is 2.41. The molecule has 1 aliphatic rings. The van der Waals surface area contributed by atoms with E-state index in [0.717, 1.165) is 15.0 Å². The summed E-state index contributed by atoms with van der Waals surface area (Å²) in [6, 6.07) is 13.3. The second-order valence-electron chi connectivity index (χ2n) is 7.79. The van der Waals surface area contributed by atoms with Crippen LogP contribution in [0.3, 0.4) is 0 Å². The molecule has 2 amide bonds. The van der Waals surface area contributed by atoms with Crippen LogP contribution in [0.4, 0.5) is 0 Å². The van der Waals surface area contributed by atoms with Crippen molar-refractivity contribution in [1.82, 2.24) is 14.8 Å². The number of imide groups is 1. The van der Waals surface area contributed by atoms with Crippen LogP contribution in [0, 0.1) is 13.8 Å². The van der Waals surface area contributed by atoms with Gasteiger partial charge < -0.3 is 5.11 Å². The van der Waals surface area contributed by atoms with E-state index in [-0.39, 0.29) is 22.4 Å². The number of hydrazone groups is 1. The van der Waals surface area contributed by atoms with Gasteiger partial charge in [0.05, 0.1) is 28.6 Å². The maximum atomic E-state index is 13.1. The molecule has 0 atom stereocenters. The van der Waals surface area contributed by atoms with Crippen molar-refractivity contribution in [3.63, 3.8) is 0 Å². The number of benzene rings is 3. The quantitative estimate of drug-likeness (QED) is 0.324. The van der Waals surface area contributed by atoms with Gasteiger partial charge in [-0.15, -0.1) is 0 Å². The molecule has 0 spiro atoms. The lowest BCUT2D eigenvalue weighted by molar-refractivity contribution is 0.0616. The van der Waals surface area contributed by atoms with Crippen molar-refractivity contribution in [1.29, 1.82) is 0 Å². The average molecular weight is 505 g/mol. The zero-order valence-corrected chi connectivity index (χ0v) is 19.2. The van der Waals surface area contributed by atoms with Gasteiger partial charge in [0, 0.05) is 15.6 Å². The molecule has 1 aliphatic heterocycles. The van der Waals surface area contributed by atoms with Crippen LogP contribution in [-0.2, 0) is 0 Å². The van der Waals surface area contributed by atoms with Crippen LogP contribution in [0.15, 0.2) is 62.9 Å². The monoisotopic (exact) mass is 504 g/mol. The van der Waals surface area contributed by atoms with Gasteiger partial charge in [0.1, 0.15) is 5.75 Å². The highest BCUT2D eigenvalue weighted by Gasteiger charge is 2.33. The number of amides is 2. The minimum atomic E-state index is -0.673. The number of nitrogens with one attached hydrogen (secondary N) is 1. The van der Waals surface area contributed by atoms with Crippen molar-refractivity contribution < 1.29 is 14.7 Å². The fourth-order valence-corrected chi connectivity index (χ4v) is 4.53. The highest BCUT2D eigenvalue weighted by Crippen LogP contribution is 2.33. The number of aromatic hydroxyl groups is 1. The van der Waals surface area contributed by atoms with Gasteiger partial charge in [-0.2, -0.15) is 10.1 Å². The Morgan fingerprint density at radius 3 is 2.52 bits per heavy atom. The van der Waals surface area contributed by atoms with Crippen LogP contribution in [0.1, 0.15) is 37.5 Å². The van der Waals surface area contributed by atoms with Crippen LogP contribution < -0.4 is 5.56 Å². The summed E-state index contributed by atoms with van der Waals surface area (Å²) in [7, 11) is 0. The molecule has 0 unspecified atom stereocenters. The third-order valence-electron chi connectivity index (χ3n) is 5.63. The number of aryl methyl sites for hydroxylation is 2. The molecule has 33 heavy (non-hydrogen) atoms. The van der Waals surface area contributed by atoms with Crippen LogP contribution >= 0.6 is 15.9 Å². The summed E-state index contributed by atoms with van der Waals surface area (Å²) in [5, 5.41) is 18.9. The molecule has 9 heteroatoms. The number of nitrogens with zero attached hydrogens (tertiary/aromatic N) is 3. The lowest BCUT2D eigenvalue weighted by Crippen LogP contribution is -2.36. The molecule has 0 saturated heterocycles. The molecule has 2 heterocycles. The second kappa shape index (κ2) is 7.56. The normalized spacial score (nSPS) is 13.5. The molecule has 0 aliphatic carbocycles. The third-order valence-corrected chi connectivity index (χ3v) is 6.12. The van der Waals surface area contributed by atoms with Crippen LogP contribution in [0.25, 0.3) is 16.5 Å². The maximum absolute atomic E-state index is 13.1. The number of phenolic OH excluding ortho intramolecular Hbond substituents is 1. The van der Waals surface area contributed by atoms with E-state index in [2.05, 4.69) is 26.1 Å². The molecule has 164 valence electrons. The standard InChI is InChI=1S/C24H17BrN4O4/c1-12-8-15(25)6-7-20(12)28-24(33)19(13(2)27-28)11-26-29-22(31)17-5-3-4-14-9-16(30)10-18(21(14)17)23(29)32/h3-11,27,30H,1-2H3. The number of hydrogen-bond acceptors (Lipinski definition) is 5. The van der Waals surface area contributed by atoms with Gasteiger partial charge in [-0.05, 0) is 61.2 Å². The third kappa shape index (κ3) is 3.28. The molecule has 3 aromatic carbocycles. The first kappa shape index (κ1) is 20.9. The summed E-state index contributed by atoms with van der Waals surface area (Å²) in [4.78, 5) is 39.1. The number of carbonyl (C=O) groups excluding carboxylic acids is 2. The van der Waals surface area contributed by atoms with E-state index in [0.29, 0.717) is 27.7 Å². The Kier molecular flexibility index (Phi) is 4.79. The van der Waals surface area contributed by atoms with Gasteiger partial charge in [-0.25, -0.2) is 4.68 Å². The zero-order valence-electron chi connectivity index (χ0n) is 17.6. The molecular weight excluding hydrogens is 488 g/mol. The topological polar surface area (TPSA) is 108 Å². The fourth-order valence-electron chi connectivity index (χ4n) is 4.05. The fraction of sp³-hybridized carbons (Fsp3) is 0.0833. The van der Waals surface area contributed by atoms with Crippen molar-refractivity contribution in [3.8, 4) is 11.4 Å². The molecule has 2 N–H and O–H groups in total. The van der Waals surface area contributed by atoms with E-state index in [9.17, 15) is 19.5 Å². The Hall–Kier alpha value is -3.98. The second-order valence-corrected chi connectivity index (χ2v) is 8.70. The van der Waals surface area contributed by atoms with E-state index in [1.165, 1.54) is 23.0 Å². The highest BCUT2D eigenvalue weighted by atomic mass is 79.9. The van der Waals surface area contributed by atoms with Gasteiger partial charge in [0.25, 0.3) is 17.4 Å². The lowest BCUT2D eigenvalue weighted by Gasteiger charge is -2.23. The number of hydrogen-bond donors (Lipinski definition) is 2. The van der Waals surface area contributed by atoms with E-state index >= 15 is 0 Å². The minimum absolute atomic E-state index is 0.0875. The Labute approximate surface area is 195 Å². The number of aromatic amines is 1. The van der Waals surface area contributed by atoms with Crippen LogP contribution in [0.2, 0.25) is 0 Å². The molecule has 0 radical (unpaired) electrons. The molecule has 4 aromatic rings. The largest absolute Gasteiger partial charge is 0.508 e. The molecule has 8 nitrogen and oxygen atoms in total. The van der Waals surface area contributed by atoms with Gasteiger partial charge in [0.15, 0.2) is 0 Å². The predicted octanol–water partition coefficient (Wildman–Crippen LogP) is 4.03. The Morgan fingerprint density at radius 2 is 1.76 bits per heavy atom. The number of phenols is 1. The summed E-state index contributed by atoms with van der Waals surface area (Å²) in [6.07, 6.45) is 1.21. The summed E-state index contributed by atoms with van der Waals surface area (Å²) in [6.45, 7) is 3.59. The molecule has 1 aromatic heterocycles. The van der Waals surface area contributed by atoms with Crippen LogP contribution in [-0.4, -0.2) is 37.9 Å². The SMILES string of the molecule is Cc1cc(Br)ccc1-n1[nH]c(C)c(C=NN2C(=O)c3cccc4cc(O)cc(c34)C2=O)c1=O. The first-order valence-electron chi connectivity index (χ1n) is 10.0. The lowest BCUT2D eigenvalue weighted by atomic mass is 9.94. The average Bonchev–Trinajstić information content (AvgIpc) is 3.05. The van der Waals surface area contributed by atoms with E-state index < -0.39 is 11.8 Å². The van der Waals surface area contributed by atoms with Crippen molar-refractivity contribution in [2.75, 3.05) is 0 Å². The maximum Gasteiger partial charge on any atom is 0.282 e. The van der Waals surface area contributed by atoms with Gasteiger partial charge in [-0.1, -0.05) is 28.1 Å². The van der Waals surface area contributed by atoms with Gasteiger partial charge in [0.2, 0.25) is 0 Å². The van der Waals surface area contributed by atoms with E-state index in [1.54, 1.807) is 31.2 Å². The first-order valence-corrected chi connectivity index (χ1v) is 10.8. The number of rotatable bonds is 3. The number of aromatic nitrogens is 2. The Balaban J connectivity index is 1.57.